The second-order valence-corrected chi connectivity index (χ2v) is 6.66. The molecule has 1 unspecified atom stereocenters. The van der Waals surface area contributed by atoms with E-state index in [4.69, 9.17) is 9.47 Å². The number of hydrogen-bond acceptors (Lipinski definition) is 4. The van der Waals surface area contributed by atoms with Gasteiger partial charge in [-0.3, -0.25) is 0 Å². The molecule has 2 heterocycles. The third-order valence-electron chi connectivity index (χ3n) is 3.87. The number of alkyl carbamates (subject to hydrolysis) is 1. The zero-order valence-corrected chi connectivity index (χ0v) is 12.3. The Labute approximate surface area is 115 Å². The number of amides is 1. The van der Waals surface area contributed by atoms with Crippen molar-refractivity contribution in [3.8, 4) is 0 Å². The van der Waals surface area contributed by atoms with Crippen LogP contribution in [0.4, 0.5) is 4.79 Å². The maximum atomic E-state index is 11.7. The van der Waals surface area contributed by atoms with Gasteiger partial charge in [0.15, 0.2) is 0 Å². The second kappa shape index (κ2) is 5.67. The largest absolute Gasteiger partial charge is 0.444 e. The Bertz CT molecular complexity index is 309. The van der Waals surface area contributed by atoms with E-state index in [0.29, 0.717) is 0 Å². The quantitative estimate of drug-likeness (QED) is 0.763. The van der Waals surface area contributed by atoms with E-state index in [0.717, 1.165) is 45.4 Å². The van der Waals surface area contributed by atoms with Crippen LogP contribution in [0.3, 0.4) is 0 Å². The lowest BCUT2D eigenvalue weighted by Gasteiger charge is -2.43. The summed E-state index contributed by atoms with van der Waals surface area (Å²) in [6, 6.07) is 0.170. The van der Waals surface area contributed by atoms with E-state index in [-0.39, 0.29) is 17.7 Å². The van der Waals surface area contributed by atoms with Crippen molar-refractivity contribution in [3.63, 3.8) is 0 Å². The highest BCUT2D eigenvalue weighted by Crippen LogP contribution is 2.29. The molecule has 1 amide bonds. The molecule has 2 saturated heterocycles. The highest BCUT2D eigenvalue weighted by atomic mass is 16.6. The van der Waals surface area contributed by atoms with Crippen LogP contribution in [0.25, 0.3) is 0 Å². The fourth-order valence-corrected chi connectivity index (χ4v) is 2.77. The van der Waals surface area contributed by atoms with Gasteiger partial charge < -0.3 is 20.1 Å². The normalized spacial score (nSPS) is 27.0. The average molecular weight is 270 g/mol. The van der Waals surface area contributed by atoms with Crippen molar-refractivity contribution < 1.29 is 14.3 Å². The molecule has 0 aromatic heterocycles. The maximum Gasteiger partial charge on any atom is 0.407 e. The van der Waals surface area contributed by atoms with E-state index in [9.17, 15) is 4.79 Å². The predicted molar refractivity (Wildman–Crippen MR) is 73.2 cm³/mol. The minimum Gasteiger partial charge on any atom is -0.444 e. The van der Waals surface area contributed by atoms with E-state index < -0.39 is 5.60 Å². The molecular weight excluding hydrogens is 244 g/mol. The van der Waals surface area contributed by atoms with Gasteiger partial charge in [-0.2, -0.15) is 0 Å². The molecule has 5 nitrogen and oxygen atoms in total. The van der Waals surface area contributed by atoms with Crippen LogP contribution in [0, 0.1) is 0 Å². The van der Waals surface area contributed by atoms with Gasteiger partial charge in [-0.1, -0.05) is 0 Å². The van der Waals surface area contributed by atoms with Crippen molar-refractivity contribution in [2.75, 3.05) is 19.8 Å². The molecule has 1 spiro atoms. The molecule has 1 atom stereocenters. The first-order valence-corrected chi connectivity index (χ1v) is 7.21. The molecule has 5 heteroatoms. The molecule has 0 aliphatic carbocycles. The highest BCUT2D eigenvalue weighted by Gasteiger charge is 2.36. The summed E-state index contributed by atoms with van der Waals surface area (Å²) < 4.78 is 10.7. The number of piperidine rings is 1. The molecule has 2 fully saturated rings. The molecule has 2 N–H and O–H groups in total. The minimum absolute atomic E-state index is 0.170. The van der Waals surface area contributed by atoms with Gasteiger partial charge in [0, 0.05) is 31.3 Å². The Morgan fingerprint density at radius 2 is 2.00 bits per heavy atom. The monoisotopic (exact) mass is 270 g/mol. The van der Waals surface area contributed by atoms with E-state index >= 15 is 0 Å². The molecule has 0 radical (unpaired) electrons. The van der Waals surface area contributed by atoms with Gasteiger partial charge >= 0.3 is 6.09 Å². The standard InChI is InChI=1S/C14H26N2O3/c1-13(2,3)19-12(17)16-11-4-5-14(15-10-11)6-8-18-9-7-14/h11,15H,4-10H2,1-3H3,(H,16,17). The number of nitrogens with one attached hydrogen (secondary N) is 2. The van der Waals surface area contributed by atoms with Gasteiger partial charge in [0.05, 0.1) is 0 Å². The van der Waals surface area contributed by atoms with Crippen LogP contribution in [-0.4, -0.2) is 43.0 Å². The lowest BCUT2D eigenvalue weighted by molar-refractivity contribution is 0.0198. The first-order valence-electron chi connectivity index (χ1n) is 7.21. The third kappa shape index (κ3) is 4.35. The van der Waals surface area contributed by atoms with Crippen molar-refractivity contribution in [3.05, 3.63) is 0 Å². The summed E-state index contributed by atoms with van der Waals surface area (Å²) in [6.45, 7) is 8.14. The number of rotatable bonds is 1. The molecule has 0 saturated carbocycles. The van der Waals surface area contributed by atoms with E-state index in [1.165, 1.54) is 0 Å². The van der Waals surface area contributed by atoms with Crippen LogP contribution in [-0.2, 0) is 9.47 Å². The van der Waals surface area contributed by atoms with Gasteiger partial charge in [-0.25, -0.2) is 4.79 Å². The minimum atomic E-state index is -0.436. The number of ether oxygens (including phenoxy) is 2. The smallest absolute Gasteiger partial charge is 0.407 e. The van der Waals surface area contributed by atoms with E-state index in [1.54, 1.807) is 0 Å². The topological polar surface area (TPSA) is 59.6 Å². The molecule has 2 aliphatic heterocycles. The van der Waals surface area contributed by atoms with Gasteiger partial charge in [0.2, 0.25) is 0 Å². The number of carbonyl (C=O) groups is 1. The van der Waals surface area contributed by atoms with Gasteiger partial charge in [0.1, 0.15) is 5.60 Å². The fraction of sp³-hybridized carbons (Fsp3) is 0.929. The maximum absolute atomic E-state index is 11.7. The number of hydrogen-bond donors (Lipinski definition) is 2. The summed E-state index contributed by atoms with van der Waals surface area (Å²) in [5.74, 6) is 0. The summed E-state index contributed by atoms with van der Waals surface area (Å²) >= 11 is 0. The van der Waals surface area contributed by atoms with Crippen molar-refractivity contribution >= 4 is 6.09 Å². The van der Waals surface area contributed by atoms with E-state index in [2.05, 4.69) is 10.6 Å². The molecule has 19 heavy (non-hydrogen) atoms. The fourth-order valence-electron chi connectivity index (χ4n) is 2.77. The SMILES string of the molecule is CC(C)(C)OC(=O)NC1CCC2(CCOCC2)NC1. The lowest BCUT2D eigenvalue weighted by Crippen LogP contribution is -2.59. The second-order valence-electron chi connectivity index (χ2n) is 6.66. The van der Waals surface area contributed by atoms with Crippen LogP contribution in [0.15, 0.2) is 0 Å². The summed E-state index contributed by atoms with van der Waals surface area (Å²) in [7, 11) is 0. The molecule has 2 aliphatic rings. The van der Waals surface area contributed by atoms with Crippen molar-refractivity contribution in [2.45, 2.75) is 63.6 Å². The molecule has 110 valence electrons. The van der Waals surface area contributed by atoms with Crippen LogP contribution >= 0.6 is 0 Å². The summed E-state index contributed by atoms with van der Waals surface area (Å²) in [5.41, 5.74) is -0.196. The Hall–Kier alpha value is -0.810. The zero-order chi connectivity index (χ0) is 13.9. The zero-order valence-electron chi connectivity index (χ0n) is 12.3. The predicted octanol–water partition coefficient (Wildman–Crippen LogP) is 1.81. The van der Waals surface area contributed by atoms with Crippen LogP contribution < -0.4 is 10.6 Å². The molecule has 0 bridgehead atoms. The summed E-state index contributed by atoms with van der Waals surface area (Å²) in [4.78, 5) is 11.7. The average Bonchev–Trinajstić information content (AvgIpc) is 2.31. The Morgan fingerprint density at radius 3 is 2.53 bits per heavy atom. The first-order chi connectivity index (χ1) is 8.89. The molecule has 2 rings (SSSR count). The lowest BCUT2D eigenvalue weighted by atomic mass is 9.81. The van der Waals surface area contributed by atoms with Crippen molar-refractivity contribution in [1.82, 2.24) is 10.6 Å². The first kappa shape index (κ1) is 14.6. The van der Waals surface area contributed by atoms with Gasteiger partial charge in [-0.05, 0) is 46.5 Å². The molecular formula is C14H26N2O3. The summed E-state index contributed by atoms with van der Waals surface area (Å²) in [6.07, 6.45) is 3.93. The van der Waals surface area contributed by atoms with Crippen LogP contribution in [0.2, 0.25) is 0 Å². The Balaban J connectivity index is 1.75. The molecule has 0 aromatic carbocycles. The summed E-state index contributed by atoms with van der Waals surface area (Å²) in [5, 5.41) is 6.54. The van der Waals surface area contributed by atoms with Gasteiger partial charge in [-0.15, -0.1) is 0 Å². The van der Waals surface area contributed by atoms with E-state index in [1.807, 2.05) is 20.8 Å². The van der Waals surface area contributed by atoms with Crippen molar-refractivity contribution in [2.24, 2.45) is 0 Å². The number of carbonyl (C=O) groups excluding carboxylic acids is 1. The van der Waals surface area contributed by atoms with Crippen molar-refractivity contribution in [1.29, 1.82) is 0 Å². The van der Waals surface area contributed by atoms with Crippen LogP contribution in [0.5, 0.6) is 0 Å². The Kier molecular flexibility index (Phi) is 4.36. The van der Waals surface area contributed by atoms with Crippen LogP contribution in [0.1, 0.15) is 46.5 Å². The Morgan fingerprint density at radius 1 is 1.32 bits per heavy atom. The van der Waals surface area contributed by atoms with Gasteiger partial charge in [0.25, 0.3) is 0 Å². The highest BCUT2D eigenvalue weighted by molar-refractivity contribution is 5.68. The third-order valence-corrected chi connectivity index (χ3v) is 3.87. The molecule has 0 aromatic rings.